The van der Waals surface area contributed by atoms with Gasteiger partial charge in [-0.3, -0.25) is 0 Å². The third-order valence-corrected chi connectivity index (χ3v) is 2.66. The summed E-state index contributed by atoms with van der Waals surface area (Å²) in [5, 5.41) is 0. The normalized spacial score (nSPS) is 14.4. The van der Waals surface area contributed by atoms with Crippen LogP contribution in [0.4, 0.5) is 0 Å². The lowest BCUT2D eigenvalue weighted by atomic mass is 10.1. The maximum Gasteiger partial charge on any atom is 0.161 e. The van der Waals surface area contributed by atoms with Crippen LogP contribution in [0.25, 0.3) is 0 Å². The molecule has 0 aliphatic carbocycles. The highest BCUT2D eigenvalue weighted by Crippen LogP contribution is 2.07. The summed E-state index contributed by atoms with van der Waals surface area (Å²) in [6.45, 7) is 0.966. The lowest BCUT2D eigenvalue weighted by Gasteiger charge is -2.20. The summed E-state index contributed by atoms with van der Waals surface area (Å²) in [5.74, 6) is 0. The van der Waals surface area contributed by atoms with Crippen LogP contribution in [0.5, 0.6) is 0 Å². The van der Waals surface area contributed by atoms with Crippen LogP contribution in [-0.2, 0) is 25.4 Å². The number of rotatable bonds is 9. The summed E-state index contributed by atoms with van der Waals surface area (Å²) in [4.78, 5) is 0. The van der Waals surface area contributed by atoms with Gasteiger partial charge in [0.2, 0.25) is 0 Å². The van der Waals surface area contributed by atoms with Crippen molar-refractivity contribution >= 4 is 0 Å². The van der Waals surface area contributed by atoms with Crippen LogP contribution >= 0.6 is 0 Å². The number of benzene rings is 1. The number of ether oxygens (including phenoxy) is 4. The van der Waals surface area contributed by atoms with E-state index in [1.165, 1.54) is 5.56 Å². The van der Waals surface area contributed by atoms with E-state index in [0.29, 0.717) is 13.2 Å². The number of hydrogen-bond donors (Lipinski definition) is 0. The minimum Gasteiger partial charge on any atom is -0.382 e. The molecule has 1 rings (SSSR count). The lowest BCUT2D eigenvalue weighted by molar-refractivity contribution is -0.149. The number of methoxy groups -OCH3 is 3. The highest BCUT2D eigenvalue weighted by Gasteiger charge is 2.13. The number of hydrogen-bond acceptors (Lipinski definition) is 4. The zero-order valence-electron chi connectivity index (χ0n) is 11.3. The maximum atomic E-state index is 5.67. The Morgan fingerprint density at radius 3 is 2.22 bits per heavy atom. The first kappa shape index (κ1) is 15.1. The van der Waals surface area contributed by atoms with Crippen molar-refractivity contribution in [2.45, 2.75) is 18.8 Å². The summed E-state index contributed by atoms with van der Waals surface area (Å²) >= 11 is 0. The molecule has 4 heteroatoms. The van der Waals surface area contributed by atoms with Gasteiger partial charge in [0.15, 0.2) is 6.29 Å². The fourth-order valence-electron chi connectivity index (χ4n) is 1.60. The van der Waals surface area contributed by atoms with Crippen molar-refractivity contribution in [1.29, 1.82) is 0 Å². The van der Waals surface area contributed by atoms with E-state index in [1.54, 1.807) is 21.3 Å². The van der Waals surface area contributed by atoms with E-state index in [0.717, 1.165) is 6.42 Å². The summed E-state index contributed by atoms with van der Waals surface area (Å²) in [6, 6.07) is 10.1. The zero-order valence-corrected chi connectivity index (χ0v) is 11.3. The molecule has 0 saturated heterocycles. The van der Waals surface area contributed by atoms with Crippen molar-refractivity contribution in [2.24, 2.45) is 0 Å². The molecule has 0 N–H and O–H groups in total. The van der Waals surface area contributed by atoms with Gasteiger partial charge >= 0.3 is 0 Å². The largest absolute Gasteiger partial charge is 0.382 e. The van der Waals surface area contributed by atoms with Crippen LogP contribution in [-0.4, -0.2) is 46.9 Å². The molecule has 0 aliphatic rings. The van der Waals surface area contributed by atoms with Gasteiger partial charge in [0.05, 0.1) is 13.2 Å². The predicted octanol–water partition coefficient (Wildman–Crippen LogP) is 1.88. The minimum atomic E-state index is -0.262. The molecule has 0 aromatic heterocycles. The van der Waals surface area contributed by atoms with Gasteiger partial charge in [-0.1, -0.05) is 30.3 Å². The van der Waals surface area contributed by atoms with Crippen molar-refractivity contribution < 1.29 is 18.9 Å². The molecule has 0 bridgehead atoms. The Hall–Kier alpha value is -0.940. The van der Waals surface area contributed by atoms with Crippen LogP contribution in [0.1, 0.15) is 5.56 Å². The Bertz CT molecular complexity index is 302. The summed E-state index contributed by atoms with van der Waals surface area (Å²) in [7, 11) is 4.93. The highest BCUT2D eigenvalue weighted by molar-refractivity contribution is 5.14. The molecule has 2 unspecified atom stereocenters. The molecule has 0 aliphatic heterocycles. The van der Waals surface area contributed by atoms with Gasteiger partial charge in [-0.15, -0.1) is 0 Å². The average molecular weight is 254 g/mol. The van der Waals surface area contributed by atoms with E-state index in [-0.39, 0.29) is 12.4 Å². The van der Waals surface area contributed by atoms with E-state index in [1.807, 2.05) is 18.2 Å². The average Bonchev–Trinajstić information content (AvgIpc) is 2.43. The quantitative estimate of drug-likeness (QED) is 0.631. The molecular weight excluding hydrogens is 232 g/mol. The van der Waals surface area contributed by atoms with Crippen molar-refractivity contribution in [2.75, 3.05) is 34.5 Å². The van der Waals surface area contributed by atoms with Crippen molar-refractivity contribution in [3.8, 4) is 0 Å². The van der Waals surface area contributed by atoms with Crippen molar-refractivity contribution in [1.82, 2.24) is 0 Å². The highest BCUT2D eigenvalue weighted by atomic mass is 16.7. The third kappa shape index (κ3) is 5.60. The molecule has 4 nitrogen and oxygen atoms in total. The minimum absolute atomic E-state index is 0.0663. The Morgan fingerprint density at radius 2 is 1.67 bits per heavy atom. The second-order valence-electron chi connectivity index (χ2n) is 4.00. The zero-order chi connectivity index (χ0) is 13.2. The SMILES string of the molecule is COCC(COC(Cc1ccccc1)OC)OC. The predicted molar refractivity (Wildman–Crippen MR) is 69.6 cm³/mol. The molecule has 1 aromatic carbocycles. The molecule has 0 heterocycles. The topological polar surface area (TPSA) is 36.9 Å². The molecule has 0 radical (unpaired) electrons. The second kappa shape index (κ2) is 9.05. The fraction of sp³-hybridized carbons (Fsp3) is 0.571. The molecule has 102 valence electrons. The van der Waals surface area contributed by atoms with Gasteiger partial charge in [0, 0.05) is 27.8 Å². The van der Waals surface area contributed by atoms with Gasteiger partial charge < -0.3 is 18.9 Å². The van der Waals surface area contributed by atoms with Crippen molar-refractivity contribution in [3.05, 3.63) is 35.9 Å². The van der Waals surface area contributed by atoms with Crippen molar-refractivity contribution in [3.63, 3.8) is 0 Å². The van der Waals surface area contributed by atoms with E-state index in [9.17, 15) is 0 Å². The Morgan fingerprint density at radius 1 is 0.944 bits per heavy atom. The first-order valence-corrected chi connectivity index (χ1v) is 6.00. The summed E-state index contributed by atoms with van der Waals surface area (Å²) in [6.07, 6.45) is 0.395. The smallest absolute Gasteiger partial charge is 0.161 e. The molecule has 0 spiro atoms. The standard InChI is InChI=1S/C14H22O4/c1-15-10-13(16-2)11-18-14(17-3)9-12-7-5-4-6-8-12/h4-8,13-14H,9-11H2,1-3H3. The van der Waals surface area contributed by atoms with Crippen LogP contribution in [0.3, 0.4) is 0 Å². The Labute approximate surface area is 109 Å². The van der Waals surface area contributed by atoms with Crippen LogP contribution in [0, 0.1) is 0 Å². The first-order valence-electron chi connectivity index (χ1n) is 6.00. The molecule has 18 heavy (non-hydrogen) atoms. The fourth-order valence-corrected chi connectivity index (χ4v) is 1.60. The van der Waals surface area contributed by atoms with Crippen LogP contribution in [0.15, 0.2) is 30.3 Å². The Balaban J connectivity index is 2.37. The third-order valence-electron chi connectivity index (χ3n) is 2.66. The monoisotopic (exact) mass is 254 g/mol. The van der Waals surface area contributed by atoms with E-state index in [4.69, 9.17) is 18.9 Å². The van der Waals surface area contributed by atoms with Gasteiger partial charge in [-0.25, -0.2) is 0 Å². The van der Waals surface area contributed by atoms with E-state index >= 15 is 0 Å². The molecule has 1 aromatic rings. The van der Waals surface area contributed by atoms with E-state index < -0.39 is 0 Å². The lowest BCUT2D eigenvalue weighted by Crippen LogP contribution is -2.29. The molecule has 0 fully saturated rings. The molecule has 2 atom stereocenters. The first-order chi connectivity index (χ1) is 8.80. The summed E-state index contributed by atoms with van der Waals surface area (Å²) < 4.78 is 21.2. The molecule has 0 saturated carbocycles. The summed E-state index contributed by atoms with van der Waals surface area (Å²) in [5.41, 5.74) is 1.19. The van der Waals surface area contributed by atoms with Crippen LogP contribution in [0.2, 0.25) is 0 Å². The van der Waals surface area contributed by atoms with E-state index in [2.05, 4.69) is 12.1 Å². The van der Waals surface area contributed by atoms with Gasteiger partial charge in [-0.2, -0.15) is 0 Å². The molecule has 0 amide bonds. The maximum absolute atomic E-state index is 5.67. The van der Waals surface area contributed by atoms with Gasteiger partial charge in [0.25, 0.3) is 0 Å². The van der Waals surface area contributed by atoms with Gasteiger partial charge in [-0.05, 0) is 5.56 Å². The Kier molecular flexibility index (Phi) is 7.60. The molecular formula is C14H22O4. The van der Waals surface area contributed by atoms with Crippen LogP contribution < -0.4 is 0 Å². The second-order valence-corrected chi connectivity index (χ2v) is 4.00. The van der Waals surface area contributed by atoms with Gasteiger partial charge in [0.1, 0.15) is 6.10 Å².